The monoisotopic (exact) mass is 615 g/mol. The van der Waals surface area contributed by atoms with Crippen molar-refractivity contribution in [1.82, 2.24) is 19.6 Å². The SMILES string of the molecule is CCOC1=S(F)N(SF)c2c1c(C(C)CCC(CC)C(F)C(C)=O)nc1c(-c3ccc(-c4ccccc4)nc3)cnn21. The highest BCUT2D eigenvalue weighted by molar-refractivity contribution is 8.23. The van der Waals surface area contributed by atoms with Gasteiger partial charge in [0.25, 0.3) is 0 Å². The number of aromatic nitrogens is 4. The number of ketones is 1. The third-order valence-corrected chi connectivity index (χ3v) is 9.52. The van der Waals surface area contributed by atoms with Gasteiger partial charge < -0.3 is 4.74 Å². The lowest BCUT2D eigenvalue weighted by molar-refractivity contribution is -0.123. The number of benzene rings is 1. The van der Waals surface area contributed by atoms with Crippen LogP contribution in [0.5, 0.6) is 0 Å². The van der Waals surface area contributed by atoms with E-state index in [1.165, 1.54) is 11.4 Å². The summed E-state index contributed by atoms with van der Waals surface area (Å²) in [5.74, 6) is -1.02. The van der Waals surface area contributed by atoms with Gasteiger partial charge in [0.05, 0.1) is 29.8 Å². The number of ether oxygens (including phenoxy) is 1. The number of carbonyl (C=O) groups is 1. The van der Waals surface area contributed by atoms with Crippen LogP contribution in [0.3, 0.4) is 0 Å². The van der Waals surface area contributed by atoms with Gasteiger partial charge in [-0.15, -0.1) is 7.77 Å². The van der Waals surface area contributed by atoms with Crippen molar-refractivity contribution in [3.8, 4) is 22.4 Å². The molecule has 4 heterocycles. The molecular formula is C30H32F3N5O2S2. The van der Waals surface area contributed by atoms with E-state index in [4.69, 9.17) is 9.72 Å². The molecular weight excluding hydrogens is 583 g/mol. The molecule has 0 saturated carbocycles. The van der Waals surface area contributed by atoms with E-state index in [-0.39, 0.29) is 35.7 Å². The Hall–Kier alpha value is -3.22. The molecule has 4 aromatic rings. The molecule has 4 unspecified atom stereocenters. The fourth-order valence-electron chi connectivity index (χ4n) is 5.29. The summed E-state index contributed by atoms with van der Waals surface area (Å²) >= 11 is -2.45. The van der Waals surface area contributed by atoms with Gasteiger partial charge in [-0.3, -0.25) is 9.78 Å². The Labute approximate surface area is 250 Å². The predicted octanol–water partition coefficient (Wildman–Crippen LogP) is 8.23. The topological polar surface area (TPSA) is 72.6 Å². The minimum absolute atomic E-state index is 0.000948. The van der Waals surface area contributed by atoms with Crippen LogP contribution < -0.4 is 3.71 Å². The Morgan fingerprint density at radius 3 is 2.48 bits per heavy atom. The zero-order valence-electron chi connectivity index (χ0n) is 23.8. The molecule has 1 aliphatic heterocycles. The van der Waals surface area contributed by atoms with Crippen LogP contribution in [0.25, 0.3) is 28.0 Å². The van der Waals surface area contributed by atoms with Gasteiger partial charge in [0, 0.05) is 22.9 Å². The number of halogens is 3. The Balaban J connectivity index is 1.60. The number of anilines is 1. The standard InChI is InChI=1S/C30H32F3N5O2S2/c1-5-20(26(31)19(4)39)13-12-18(3)27-25-29(38(41-32)42(33)30(25)40-6-2)37-28(36-27)23(17-35-37)22-14-15-24(34-16-22)21-10-8-7-9-11-21/h7-11,14-18,20,26H,5-6,12-13H2,1-4H3. The zero-order chi connectivity index (χ0) is 30.0. The minimum Gasteiger partial charge on any atom is -0.336 e. The first-order valence-corrected chi connectivity index (χ1v) is 15.6. The molecule has 0 amide bonds. The van der Waals surface area contributed by atoms with E-state index in [1.54, 1.807) is 19.3 Å². The van der Waals surface area contributed by atoms with Crippen LogP contribution in [0.2, 0.25) is 0 Å². The van der Waals surface area contributed by atoms with E-state index >= 15 is 3.89 Å². The van der Waals surface area contributed by atoms with E-state index in [9.17, 15) is 13.1 Å². The third-order valence-electron chi connectivity index (χ3n) is 7.57. The second-order valence-corrected chi connectivity index (χ2v) is 12.2. The highest BCUT2D eigenvalue weighted by atomic mass is 32.3. The molecule has 222 valence electrons. The number of alkyl halides is 1. The molecule has 0 saturated heterocycles. The molecule has 0 aliphatic carbocycles. The molecule has 0 fully saturated rings. The van der Waals surface area contributed by atoms with Gasteiger partial charge in [-0.05, 0) is 44.6 Å². The first kappa shape index (κ1) is 30.2. The lowest BCUT2D eigenvalue weighted by atomic mass is 9.88. The first-order valence-electron chi connectivity index (χ1n) is 13.9. The number of hydrogen-bond donors (Lipinski definition) is 0. The highest BCUT2D eigenvalue weighted by Gasteiger charge is 2.39. The van der Waals surface area contributed by atoms with Crippen LogP contribution in [0.4, 0.5) is 18.0 Å². The zero-order valence-corrected chi connectivity index (χ0v) is 25.4. The summed E-state index contributed by atoms with van der Waals surface area (Å²) in [6.07, 6.45) is 3.22. The molecule has 1 aliphatic rings. The summed E-state index contributed by atoms with van der Waals surface area (Å²) in [6, 6.07) is 13.6. The van der Waals surface area contributed by atoms with Gasteiger partial charge in [-0.1, -0.05) is 56.7 Å². The van der Waals surface area contributed by atoms with Crippen molar-refractivity contribution in [3.63, 3.8) is 0 Å². The first-order chi connectivity index (χ1) is 20.3. The van der Waals surface area contributed by atoms with Crippen molar-refractivity contribution >= 4 is 45.7 Å². The number of fused-ring (bicyclic) bond motifs is 3. The number of Topliss-reactive ketones (excluding diaryl/α,β-unsaturated/α-hetero) is 1. The normalized spacial score (nSPS) is 17.0. The van der Waals surface area contributed by atoms with Gasteiger partial charge in [0.2, 0.25) is 0 Å². The van der Waals surface area contributed by atoms with Crippen LogP contribution in [-0.2, 0) is 9.53 Å². The van der Waals surface area contributed by atoms with Gasteiger partial charge >= 0.3 is 0 Å². The molecule has 12 heteroatoms. The summed E-state index contributed by atoms with van der Waals surface area (Å²) in [7, 11) is 0. The average Bonchev–Trinajstić information content (AvgIpc) is 3.56. The average molecular weight is 616 g/mol. The van der Waals surface area contributed by atoms with Crippen molar-refractivity contribution in [2.24, 2.45) is 5.92 Å². The Kier molecular flexibility index (Phi) is 9.34. The Morgan fingerprint density at radius 2 is 1.86 bits per heavy atom. The summed E-state index contributed by atoms with van der Waals surface area (Å²) in [6.45, 7) is 6.95. The van der Waals surface area contributed by atoms with Crippen LogP contribution in [0.15, 0.2) is 54.9 Å². The van der Waals surface area contributed by atoms with E-state index < -0.39 is 28.9 Å². The largest absolute Gasteiger partial charge is 0.336 e. The van der Waals surface area contributed by atoms with Crippen LogP contribution in [-0.4, -0.2) is 43.2 Å². The maximum Gasteiger partial charge on any atom is 0.179 e. The van der Waals surface area contributed by atoms with Gasteiger partial charge in [0.1, 0.15) is 11.1 Å². The van der Waals surface area contributed by atoms with Crippen molar-refractivity contribution in [2.75, 3.05) is 10.3 Å². The maximum absolute atomic E-state index is 15.7. The van der Waals surface area contributed by atoms with E-state index in [2.05, 4.69) is 10.1 Å². The van der Waals surface area contributed by atoms with Gasteiger partial charge in [0.15, 0.2) is 40.8 Å². The second-order valence-electron chi connectivity index (χ2n) is 10.2. The van der Waals surface area contributed by atoms with Crippen LogP contribution in [0, 0.1) is 5.92 Å². The van der Waals surface area contributed by atoms with Crippen molar-refractivity contribution < 1.29 is 21.7 Å². The molecule has 1 aromatic carbocycles. The van der Waals surface area contributed by atoms with Crippen molar-refractivity contribution in [3.05, 3.63) is 66.1 Å². The van der Waals surface area contributed by atoms with Crippen LogP contribution >= 0.6 is 23.4 Å². The lowest BCUT2D eigenvalue weighted by Gasteiger charge is -2.22. The summed E-state index contributed by atoms with van der Waals surface area (Å²) < 4.78 is 52.6. The fraction of sp³-hybridized carbons (Fsp3) is 0.367. The van der Waals surface area contributed by atoms with E-state index in [0.717, 1.165) is 20.5 Å². The fourth-order valence-corrected chi connectivity index (χ4v) is 6.97. The second kappa shape index (κ2) is 13.0. The smallest absolute Gasteiger partial charge is 0.179 e. The summed E-state index contributed by atoms with van der Waals surface area (Å²) in [5.41, 5.74) is 4.46. The predicted molar refractivity (Wildman–Crippen MR) is 164 cm³/mol. The number of carbonyl (C=O) groups excluding carboxylic acids is 1. The van der Waals surface area contributed by atoms with Crippen LogP contribution in [0.1, 0.15) is 64.1 Å². The highest BCUT2D eigenvalue weighted by Crippen LogP contribution is 2.50. The quantitative estimate of drug-likeness (QED) is 0.124. The van der Waals surface area contributed by atoms with Gasteiger partial charge in [-0.2, -0.15) is 13.3 Å². The minimum atomic E-state index is -2.22. The number of pyridine rings is 1. The molecule has 0 N–H and O–H groups in total. The maximum atomic E-state index is 15.7. The molecule has 3 aromatic heterocycles. The van der Waals surface area contributed by atoms with Crippen molar-refractivity contribution in [2.45, 2.75) is 59.0 Å². The van der Waals surface area contributed by atoms with E-state index in [0.29, 0.717) is 41.7 Å². The molecule has 5 rings (SSSR count). The number of nitrogens with zero attached hydrogens (tertiary/aromatic N) is 5. The molecule has 0 spiro atoms. The number of hydrogen-bond acceptors (Lipinski definition) is 7. The molecule has 0 bridgehead atoms. The molecule has 7 nitrogen and oxygen atoms in total. The summed E-state index contributed by atoms with van der Waals surface area (Å²) in [4.78, 5) is 21.3. The van der Waals surface area contributed by atoms with E-state index in [1.807, 2.05) is 56.3 Å². The molecule has 42 heavy (non-hydrogen) atoms. The van der Waals surface area contributed by atoms with Crippen molar-refractivity contribution in [1.29, 1.82) is 0 Å². The van der Waals surface area contributed by atoms with Gasteiger partial charge in [-0.25, -0.2) is 9.37 Å². The number of rotatable bonds is 11. The molecule has 4 atom stereocenters. The summed E-state index contributed by atoms with van der Waals surface area (Å²) in [5, 5.41) is 4.49. The third kappa shape index (κ3) is 5.59. The molecule has 0 radical (unpaired) electrons. The Morgan fingerprint density at radius 1 is 1.10 bits per heavy atom. The lowest BCUT2D eigenvalue weighted by Crippen LogP contribution is -2.23. The Bertz CT molecular complexity index is 1610.